The molecule has 0 saturated heterocycles. The summed E-state index contributed by atoms with van der Waals surface area (Å²) in [6.45, 7) is 6.95. The number of imidazole rings is 1. The maximum atomic E-state index is 9.49. The highest BCUT2D eigenvalue weighted by Gasteiger charge is 2.05. The molecule has 0 spiro atoms. The molecule has 1 aromatic heterocycles. The average molecular weight is 339 g/mol. The van der Waals surface area contributed by atoms with Crippen molar-refractivity contribution in [2.24, 2.45) is 0 Å². The third-order valence-electron chi connectivity index (χ3n) is 4.62. The number of hydrogen-bond donors (Lipinski definition) is 3. The zero-order valence-electron chi connectivity index (χ0n) is 14.8. The summed E-state index contributed by atoms with van der Waals surface area (Å²) in [5.41, 5.74) is 5.84. The van der Waals surface area contributed by atoms with Crippen LogP contribution in [0.1, 0.15) is 23.1 Å². The number of aryl methyl sites for hydroxylation is 3. The molecule has 3 aromatic rings. The van der Waals surface area contributed by atoms with Gasteiger partial charge in [-0.05, 0) is 80.7 Å². The lowest BCUT2D eigenvalue weighted by atomic mass is 10.1. The minimum Gasteiger partial charge on any atom is -0.504 e. The molecule has 132 valence electrons. The van der Waals surface area contributed by atoms with Crippen molar-refractivity contribution in [3.8, 4) is 11.5 Å². The number of nitrogens with one attached hydrogen (secondary N) is 1. The Hall–Kier alpha value is -2.53. The van der Waals surface area contributed by atoms with Crippen LogP contribution in [0.3, 0.4) is 0 Å². The first kappa shape index (κ1) is 17.3. The van der Waals surface area contributed by atoms with Gasteiger partial charge in [-0.2, -0.15) is 0 Å². The van der Waals surface area contributed by atoms with Gasteiger partial charge in [-0.15, -0.1) is 0 Å². The number of aromatic nitrogens is 2. The number of rotatable bonds is 7. The molecule has 0 atom stereocenters. The maximum absolute atomic E-state index is 9.49. The minimum absolute atomic E-state index is 0.0602. The molecule has 0 fully saturated rings. The molecule has 3 N–H and O–H groups in total. The van der Waals surface area contributed by atoms with Crippen molar-refractivity contribution >= 4 is 11.0 Å². The van der Waals surface area contributed by atoms with Gasteiger partial charge in [0.15, 0.2) is 11.5 Å². The van der Waals surface area contributed by atoms with Crippen molar-refractivity contribution in [2.75, 3.05) is 13.1 Å². The second-order valence-electron chi connectivity index (χ2n) is 6.54. The van der Waals surface area contributed by atoms with E-state index in [4.69, 9.17) is 0 Å². The van der Waals surface area contributed by atoms with Crippen LogP contribution in [-0.4, -0.2) is 32.9 Å². The summed E-state index contributed by atoms with van der Waals surface area (Å²) in [4.78, 5) is 4.49. The van der Waals surface area contributed by atoms with Gasteiger partial charge in [0.25, 0.3) is 0 Å². The van der Waals surface area contributed by atoms with Crippen molar-refractivity contribution in [2.45, 2.75) is 33.2 Å². The van der Waals surface area contributed by atoms with E-state index < -0.39 is 0 Å². The molecule has 0 saturated carbocycles. The fourth-order valence-electron chi connectivity index (χ4n) is 2.95. The first-order valence-corrected chi connectivity index (χ1v) is 8.68. The van der Waals surface area contributed by atoms with Crippen molar-refractivity contribution in [3.63, 3.8) is 0 Å². The quantitative estimate of drug-likeness (QED) is 0.456. The Morgan fingerprint density at radius 1 is 1.00 bits per heavy atom. The number of nitrogens with zero attached hydrogens (tertiary/aromatic N) is 2. The smallest absolute Gasteiger partial charge is 0.157 e. The van der Waals surface area contributed by atoms with Gasteiger partial charge in [0.05, 0.1) is 17.4 Å². The Labute approximate surface area is 148 Å². The van der Waals surface area contributed by atoms with Gasteiger partial charge in [-0.25, -0.2) is 4.98 Å². The topological polar surface area (TPSA) is 70.3 Å². The summed E-state index contributed by atoms with van der Waals surface area (Å²) in [5, 5.41) is 22.2. The van der Waals surface area contributed by atoms with Crippen molar-refractivity contribution < 1.29 is 10.2 Å². The predicted molar refractivity (Wildman–Crippen MR) is 100 cm³/mol. The summed E-state index contributed by atoms with van der Waals surface area (Å²) in [6, 6.07) is 9.32. The predicted octanol–water partition coefficient (Wildman–Crippen LogP) is 3.29. The van der Waals surface area contributed by atoms with Crippen LogP contribution in [0.5, 0.6) is 11.5 Å². The Bertz CT molecular complexity index is 871. The zero-order chi connectivity index (χ0) is 17.8. The average Bonchev–Trinajstić information content (AvgIpc) is 2.96. The van der Waals surface area contributed by atoms with Crippen molar-refractivity contribution in [1.82, 2.24) is 14.9 Å². The normalized spacial score (nSPS) is 11.3. The molecule has 1 heterocycles. The van der Waals surface area contributed by atoms with Crippen LogP contribution in [0, 0.1) is 13.8 Å². The highest BCUT2D eigenvalue weighted by Crippen LogP contribution is 2.24. The van der Waals surface area contributed by atoms with Crippen molar-refractivity contribution in [1.29, 1.82) is 0 Å². The highest BCUT2D eigenvalue weighted by molar-refractivity contribution is 5.77. The summed E-state index contributed by atoms with van der Waals surface area (Å²) < 4.78 is 2.21. The number of aromatic hydroxyl groups is 2. The van der Waals surface area contributed by atoms with Gasteiger partial charge >= 0.3 is 0 Å². The molecule has 0 unspecified atom stereocenters. The standard InChI is InChI=1S/C20H25N3O2/c1-14-10-17-18(11-15(14)2)23(13-22-17)9-3-7-21-8-6-16-4-5-19(24)20(25)12-16/h4-5,10-13,21,24-25H,3,6-9H2,1-2H3. The van der Waals surface area contributed by atoms with E-state index in [1.165, 1.54) is 22.7 Å². The lowest BCUT2D eigenvalue weighted by Crippen LogP contribution is -2.19. The molecule has 5 heteroatoms. The van der Waals surface area contributed by atoms with Crippen LogP contribution in [-0.2, 0) is 13.0 Å². The molecule has 0 bridgehead atoms. The molecule has 5 nitrogen and oxygen atoms in total. The van der Waals surface area contributed by atoms with E-state index >= 15 is 0 Å². The second-order valence-corrected chi connectivity index (χ2v) is 6.54. The van der Waals surface area contributed by atoms with E-state index in [9.17, 15) is 10.2 Å². The molecule has 0 aliphatic rings. The van der Waals surface area contributed by atoms with Gasteiger partial charge in [-0.1, -0.05) is 6.07 Å². The van der Waals surface area contributed by atoms with Crippen LogP contribution in [0.25, 0.3) is 11.0 Å². The van der Waals surface area contributed by atoms with Crippen LogP contribution in [0.4, 0.5) is 0 Å². The van der Waals surface area contributed by atoms with Gasteiger partial charge in [-0.3, -0.25) is 0 Å². The van der Waals surface area contributed by atoms with Crippen LogP contribution in [0.2, 0.25) is 0 Å². The number of benzene rings is 2. The molecule has 25 heavy (non-hydrogen) atoms. The molecule has 0 aliphatic heterocycles. The summed E-state index contributed by atoms with van der Waals surface area (Å²) in [5.74, 6) is -0.135. The first-order chi connectivity index (χ1) is 12.0. The number of phenolic OH excluding ortho intramolecular Hbond substituents is 2. The number of hydrogen-bond acceptors (Lipinski definition) is 4. The number of phenols is 2. The maximum Gasteiger partial charge on any atom is 0.157 e. The molecule has 0 amide bonds. The van der Waals surface area contributed by atoms with Crippen molar-refractivity contribution in [3.05, 3.63) is 53.3 Å². The summed E-state index contributed by atoms with van der Waals surface area (Å²) in [7, 11) is 0. The van der Waals surface area contributed by atoms with E-state index in [0.29, 0.717) is 0 Å². The zero-order valence-corrected chi connectivity index (χ0v) is 14.8. The molecular formula is C20H25N3O2. The molecular weight excluding hydrogens is 314 g/mol. The fraction of sp³-hybridized carbons (Fsp3) is 0.350. The summed E-state index contributed by atoms with van der Waals surface area (Å²) in [6.07, 6.45) is 3.77. The third kappa shape index (κ3) is 4.12. The van der Waals surface area contributed by atoms with E-state index in [1.807, 2.05) is 12.4 Å². The first-order valence-electron chi connectivity index (χ1n) is 8.68. The second kappa shape index (κ2) is 7.57. The monoisotopic (exact) mass is 339 g/mol. The van der Waals surface area contributed by atoms with Gasteiger partial charge in [0, 0.05) is 6.54 Å². The van der Waals surface area contributed by atoms with Gasteiger partial charge in [0.1, 0.15) is 0 Å². The van der Waals surface area contributed by atoms with E-state index in [2.05, 4.69) is 40.8 Å². The van der Waals surface area contributed by atoms with Crippen LogP contribution < -0.4 is 5.32 Å². The lowest BCUT2D eigenvalue weighted by Gasteiger charge is -2.08. The number of fused-ring (bicyclic) bond motifs is 1. The largest absolute Gasteiger partial charge is 0.504 e. The van der Waals surface area contributed by atoms with E-state index in [1.54, 1.807) is 6.07 Å². The Balaban J connectivity index is 1.44. The molecule has 0 radical (unpaired) electrons. The Morgan fingerprint density at radius 3 is 2.60 bits per heavy atom. The van der Waals surface area contributed by atoms with Crippen LogP contribution >= 0.6 is 0 Å². The van der Waals surface area contributed by atoms with Crippen LogP contribution in [0.15, 0.2) is 36.7 Å². The van der Waals surface area contributed by atoms with E-state index in [0.717, 1.165) is 43.6 Å². The van der Waals surface area contributed by atoms with Gasteiger partial charge < -0.3 is 20.1 Å². The lowest BCUT2D eigenvalue weighted by molar-refractivity contribution is 0.403. The molecule has 0 aliphatic carbocycles. The highest BCUT2D eigenvalue weighted by atomic mass is 16.3. The summed E-state index contributed by atoms with van der Waals surface area (Å²) >= 11 is 0. The fourth-order valence-corrected chi connectivity index (χ4v) is 2.95. The van der Waals surface area contributed by atoms with E-state index in [-0.39, 0.29) is 11.5 Å². The third-order valence-corrected chi connectivity index (χ3v) is 4.62. The Morgan fingerprint density at radius 2 is 1.80 bits per heavy atom. The van der Waals surface area contributed by atoms with Gasteiger partial charge in [0.2, 0.25) is 0 Å². The Kier molecular flexibility index (Phi) is 5.24. The molecule has 2 aromatic carbocycles. The SMILES string of the molecule is Cc1cc2ncn(CCCNCCc3ccc(O)c(O)c3)c2cc1C. The molecule has 3 rings (SSSR count). The minimum atomic E-state index is -0.0744.